The molecule has 2 amide bonds. The molecule has 0 spiro atoms. The summed E-state index contributed by atoms with van der Waals surface area (Å²) in [6, 6.07) is 4.67. The molecule has 0 aliphatic heterocycles. The van der Waals surface area contributed by atoms with Crippen LogP contribution in [0.4, 0.5) is 0 Å². The molecule has 0 aliphatic rings. The third-order valence-corrected chi connectivity index (χ3v) is 3.68. The predicted molar refractivity (Wildman–Crippen MR) is 94.1 cm³/mol. The average Bonchev–Trinajstić information content (AvgIpc) is 3.26. The molecule has 0 saturated heterocycles. The van der Waals surface area contributed by atoms with E-state index in [1.54, 1.807) is 36.0 Å². The highest BCUT2D eigenvalue weighted by Gasteiger charge is 2.26. The molecule has 142 valence electrons. The van der Waals surface area contributed by atoms with E-state index in [4.69, 9.17) is 9.15 Å². The molecule has 0 aromatic carbocycles. The maximum Gasteiger partial charge on any atom is 0.343 e. The highest BCUT2D eigenvalue weighted by atomic mass is 16.5. The van der Waals surface area contributed by atoms with Gasteiger partial charge in [0, 0.05) is 18.9 Å². The topological polar surface area (TPSA) is 126 Å². The van der Waals surface area contributed by atoms with Crippen LogP contribution in [0.1, 0.15) is 35.5 Å². The number of aryl methyl sites for hydroxylation is 1. The molecule has 27 heavy (non-hydrogen) atoms. The Morgan fingerprint density at radius 1 is 1.33 bits per heavy atom. The molecule has 0 bridgehead atoms. The molecule has 2 N–H and O–H groups in total. The zero-order valence-corrected chi connectivity index (χ0v) is 15.2. The van der Waals surface area contributed by atoms with Gasteiger partial charge in [0.25, 0.3) is 5.91 Å². The lowest BCUT2D eigenvalue weighted by molar-refractivity contribution is -0.130. The van der Waals surface area contributed by atoms with Gasteiger partial charge in [-0.05, 0) is 32.9 Å². The van der Waals surface area contributed by atoms with Crippen LogP contribution in [0.15, 0.2) is 28.9 Å². The first-order valence-electron chi connectivity index (χ1n) is 8.30. The van der Waals surface area contributed by atoms with Crippen LogP contribution in [0.3, 0.4) is 0 Å². The number of carbonyl (C=O) groups excluding carboxylic acids is 3. The molecular formula is C18H20N4O5. The molecule has 0 saturated carbocycles. The first-order valence-corrected chi connectivity index (χ1v) is 8.30. The standard InChI is InChI=1S/C18H20N4O5/c1-4-20-16(24)11(2)21-14(23)10-26-18(25)15-12(3)27-17(13(15)9-19)22-7-5-6-8-22/h5-8,11H,4,10H2,1-3H3,(H,20,24)(H,21,23)/t11-/m1/s1. The van der Waals surface area contributed by atoms with E-state index in [0.717, 1.165) is 0 Å². The van der Waals surface area contributed by atoms with Crippen molar-refractivity contribution in [3.63, 3.8) is 0 Å². The molecular weight excluding hydrogens is 352 g/mol. The average molecular weight is 372 g/mol. The fraction of sp³-hybridized carbons (Fsp3) is 0.333. The van der Waals surface area contributed by atoms with Gasteiger partial charge in [-0.15, -0.1) is 0 Å². The van der Waals surface area contributed by atoms with Crippen molar-refractivity contribution in [3.8, 4) is 12.0 Å². The number of amides is 2. The molecule has 9 heteroatoms. The van der Waals surface area contributed by atoms with Crippen LogP contribution >= 0.6 is 0 Å². The molecule has 0 radical (unpaired) electrons. The van der Waals surface area contributed by atoms with Gasteiger partial charge in [0.2, 0.25) is 11.8 Å². The normalized spacial score (nSPS) is 11.3. The minimum absolute atomic E-state index is 0.0183. The van der Waals surface area contributed by atoms with Crippen LogP contribution in [0.5, 0.6) is 0 Å². The van der Waals surface area contributed by atoms with Crippen molar-refractivity contribution in [1.82, 2.24) is 15.2 Å². The van der Waals surface area contributed by atoms with E-state index >= 15 is 0 Å². The number of esters is 1. The van der Waals surface area contributed by atoms with Crippen molar-refractivity contribution in [2.24, 2.45) is 0 Å². The maximum atomic E-state index is 12.4. The smallest absolute Gasteiger partial charge is 0.343 e. The number of ether oxygens (including phenoxy) is 1. The van der Waals surface area contributed by atoms with Crippen molar-refractivity contribution < 1.29 is 23.5 Å². The molecule has 0 fully saturated rings. The number of hydrogen-bond acceptors (Lipinski definition) is 6. The molecule has 9 nitrogen and oxygen atoms in total. The minimum atomic E-state index is -0.855. The number of hydrogen-bond donors (Lipinski definition) is 2. The fourth-order valence-corrected chi connectivity index (χ4v) is 2.41. The number of carbonyl (C=O) groups is 3. The van der Waals surface area contributed by atoms with Crippen LogP contribution in [-0.2, 0) is 14.3 Å². The quantitative estimate of drug-likeness (QED) is 0.700. The van der Waals surface area contributed by atoms with Gasteiger partial charge >= 0.3 is 5.97 Å². The highest BCUT2D eigenvalue weighted by Crippen LogP contribution is 2.26. The molecule has 0 aliphatic carbocycles. The van der Waals surface area contributed by atoms with Crippen LogP contribution in [0, 0.1) is 18.3 Å². The van der Waals surface area contributed by atoms with Gasteiger partial charge in [-0.1, -0.05) is 0 Å². The third kappa shape index (κ3) is 4.55. The van der Waals surface area contributed by atoms with Gasteiger partial charge in [0.1, 0.15) is 29.0 Å². The molecule has 2 aromatic rings. The van der Waals surface area contributed by atoms with E-state index in [2.05, 4.69) is 10.6 Å². The van der Waals surface area contributed by atoms with Gasteiger partial charge in [-0.2, -0.15) is 5.26 Å². The van der Waals surface area contributed by atoms with Crippen LogP contribution in [-0.4, -0.2) is 41.5 Å². The number of nitrogens with zero attached hydrogens (tertiary/aromatic N) is 2. The van der Waals surface area contributed by atoms with Gasteiger partial charge < -0.3 is 19.8 Å². The van der Waals surface area contributed by atoms with E-state index < -0.39 is 24.5 Å². The molecule has 2 heterocycles. The number of nitriles is 1. The maximum absolute atomic E-state index is 12.4. The third-order valence-electron chi connectivity index (χ3n) is 3.68. The second-order valence-corrected chi connectivity index (χ2v) is 5.68. The second kappa shape index (κ2) is 8.71. The summed E-state index contributed by atoms with van der Waals surface area (Å²) in [6.07, 6.45) is 3.34. The lowest BCUT2D eigenvalue weighted by Gasteiger charge is -2.13. The van der Waals surface area contributed by atoms with E-state index in [-0.39, 0.29) is 28.7 Å². The van der Waals surface area contributed by atoms with Gasteiger partial charge in [0.15, 0.2) is 6.61 Å². The number of furan rings is 1. The Morgan fingerprint density at radius 2 is 2.00 bits per heavy atom. The summed E-state index contributed by atoms with van der Waals surface area (Å²) < 4.78 is 12.1. The summed E-state index contributed by atoms with van der Waals surface area (Å²) in [4.78, 5) is 35.8. The first kappa shape index (κ1) is 19.8. The lowest BCUT2D eigenvalue weighted by Crippen LogP contribution is -2.46. The van der Waals surface area contributed by atoms with Crippen LogP contribution < -0.4 is 10.6 Å². The van der Waals surface area contributed by atoms with E-state index in [9.17, 15) is 19.6 Å². The molecule has 0 unspecified atom stereocenters. The molecule has 2 aromatic heterocycles. The van der Waals surface area contributed by atoms with Gasteiger partial charge in [0.05, 0.1) is 0 Å². The highest BCUT2D eigenvalue weighted by molar-refractivity contribution is 5.96. The zero-order chi connectivity index (χ0) is 20.0. The minimum Gasteiger partial charge on any atom is -0.452 e. The SMILES string of the molecule is CCNC(=O)[C@@H](C)NC(=O)COC(=O)c1c(C)oc(-n2cccc2)c1C#N. The summed E-state index contributed by atoms with van der Waals surface area (Å²) in [5.74, 6) is -1.43. The fourth-order valence-electron chi connectivity index (χ4n) is 2.41. The monoisotopic (exact) mass is 372 g/mol. The Hall–Kier alpha value is -3.54. The Morgan fingerprint density at radius 3 is 2.59 bits per heavy atom. The number of aromatic nitrogens is 1. The van der Waals surface area contributed by atoms with E-state index in [0.29, 0.717) is 6.54 Å². The second-order valence-electron chi connectivity index (χ2n) is 5.68. The summed E-state index contributed by atoms with van der Waals surface area (Å²) in [6.45, 7) is 4.66. The van der Waals surface area contributed by atoms with Gasteiger partial charge in [-0.25, -0.2) is 4.79 Å². The van der Waals surface area contributed by atoms with Crippen LogP contribution in [0.25, 0.3) is 5.88 Å². The van der Waals surface area contributed by atoms with Crippen molar-refractivity contribution in [2.75, 3.05) is 13.2 Å². The molecule has 2 rings (SSSR count). The van der Waals surface area contributed by atoms with Crippen molar-refractivity contribution in [3.05, 3.63) is 41.4 Å². The first-order chi connectivity index (χ1) is 12.9. The Kier molecular flexibility index (Phi) is 6.38. The van der Waals surface area contributed by atoms with E-state index in [1.165, 1.54) is 13.8 Å². The van der Waals surface area contributed by atoms with Crippen molar-refractivity contribution in [2.45, 2.75) is 26.8 Å². The summed E-state index contributed by atoms with van der Waals surface area (Å²) in [5, 5.41) is 14.4. The Labute approximate surface area is 155 Å². The summed E-state index contributed by atoms with van der Waals surface area (Å²) in [7, 11) is 0. The molecule has 1 atom stereocenters. The number of rotatable bonds is 7. The van der Waals surface area contributed by atoms with E-state index in [1.807, 2.05) is 6.07 Å². The lowest BCUT2D eigenvalue weighted by atomic mass is 10.1. The summed E-state index contributed by atoms with van der Waals surface area (Å²) in [5.41, 5.74) is -0.0180. The van der Waals surface area contributed by atoms with Crippen molar-refractivity contribution in [1.29, 1.82) is 5.26 Å². The summed E-state index contributed by atoms with van der Waals surface area (Å²) >= 11 is 0. The largest absolute Gasteiger partial charge is 0.452 e. The Bertz CT molecular complexity index is 876. The zero-order valence-electron chi connectivity index (χ0n) is 15.2. The van der Waals surface area contributed by atoms with Crippen molar-refractivity contribution >= 4 is 17.8 Å². The number of nitrogens with one attached hydrogen (secondary N) is 2. The van der Waals surface area contributed by atoms with Crippen LogP contribution in [0.2, 0.25) is 0 Å². The Balaban J connectivity index is 2.05. The van der Waals surface area contributed by atoms with Gasteiger partial charge in [-0.3, -0.25) is 14.2 Å². The number of likely N-dealkylation sites (N-methyl/N-ethyl adjacent to an activating group) is 1. The predicted octanol–water partition coefficient (Wildman–Crippen LogP) is 1.05.